The summed E-state index contributed by atoms with van der Waals surface area (Å²) in [5, 5.41) is 12.5. The van der Waals surface area contributed by atoms with Crippen molar-refractivity contribution in [3.8, 4) is 0 Å². The molecule has 1 saturated carbocycles. The SMILES string of the molecule is O=C(N[C@H](CO)c1ccccc1)C1CCCCCC1. The van der Waals surface area contributed by atoms with Crippen molar-refractivity contribution in [2.45, 2.75) is 44.6 Å². The molecule has 3 heteroatoms. The minimum atomic E-state index is -0.281. The van der Waals surface area contributed by atoms with Gasteiger partial charge in [-0.1, -0.05) is 56.0 Å². The zero-order valence-corrected chi connectivity index (χ0v) is 11.3. The molecule has 19 heavy (non-hydrogen) atoms. The van der Waals surface area contributed by atoms with E-state index in [-0.39, 0.29) is 24.5 Å². The maximum absolute atomic E-state index is 12.3. The Morgan fingerprint density at radius 2 is 1.79 bits per heavy atom. The summed E-state index contributed by atoms with van der Waals surface area (Å²) in [5.74, 6) is 0.227. The van der Waals surface area contributed by atoms with E-state index in [1.165, 1.54) is 12.8 Å². The first-order valence-electron chi connectivity index (χ1n) is 7.27. The number of aliphatic hydroxyl groups is 1. The van der Waals surface area contributed by atoms with Crippen molar-refractivity contribution in [1.29, 1.82) is 0 Å². The van der Waals surface area contributed by atoms with Gasteiger partial charge in [-0.2, -0.15) is 0 Å². The van der Waals surface area contributed by atoms with Crippen LogP contribution < -0.4 is 5.32 Å². The summed E-state index contributed by atoms with van der Waals surface area (Å²) in [6.07, 6.45) is 6.75. The van der Waals surface area contributed by atoms with Crippen LogP contribution in [0, 0.1) is 5.92 Å². The van der Waals surface area contributed by atoms with Crippen molar-refractivity contribution in [3.05, 3.63) is 35.9 Å². The highest BCUT2D eigenvalue weighted by Crippen LogP contribution is 2.24. The molecule has 2 N–H and O–H groups in total. The lowest BCUT2D eigenvalue weighted by molar-refractivity contribution is -0.126. The van der Waals surface area contributed by atoms with Crippen LogP contribution in [0.3, 0.4) is 0 Å². The number of benzene rings is 1. The predicted octanol–water partition coefficient (Wildman–Crippen LogP) is 2.81. The van der Waals surface area contributed by atoms with E-state index >= 15 is 0 Å². The summed E-state index contributed by atoms with van der Waals surface area (Å²) in [6.45, 7) is -0.0531. The van der Waals surface area contributed by atoms with E-state index in [1.54, 1.807) is 0 Å². The molecule has 0 spiro atoms. The second kappa shape index (κ2) is 7.29. The molecule has 1 aromatic rings. The standard InChI is InChI=1S/C16H23NO2/c18-12-15(13-8-6-3-7-9-13)17-16(19)14-10-4-1-2-5-11-14/h3,6-9,14-15,18H,1-2,4-5,10-12H2,(H,17,19)/t15-/m1/s1. The van der Waals surface area contributed by atoms with Gasteiger partial charge in [0.1, 0.15) is 0 Å². The summed E-state index contributed by atoms with van der Waals surface area (Å²) in [7, 11) is 0. The van der Waals surface area contributed by atoms with Crippen LogP contribution in [-0.4, -0.2) is 17.6 Å². The smallest absolute Gasteiger partial charge is 0.223 e. The van der Waals surface area contributed by atoms with E-state index in [4.69, 9.17) is 0 Å². The first-order chi connectivity index (χ1) is 9.31. The Morgan fingerprint density at radius 1 is 1.16 bits per heavy atom. The number of amides is 1. The normalized spacial score (nSPS) is 18.6. The Kier molecular flexibility index (Phi) is 5.40. The molecule has 0 heterocycles. The van der Waals surface area contributed by atoms with E-state index in [1.807, 2.05) is 30.3 Å². The topological polar surface area (TPSA) is 49.3 Å². The molecule has 0 aromatic heterocycles. The number of aliphatic hydroxyl groups excluding tert-OH is 1. The second-order valence-corrected chi connectivity index (χ2v) is 5.34. The van der Waals surface area contributed by atoms with Gasteiger partial charge in [0.15, 0.2) is 0 Å². The molecule has 0 radical (unpaired) electrons. The number of hydrogen-bond donors (Lipinski definition) is 2. The van der Waals surface area contributed by atoms with Crippen molar-refractivity contribution in [2.24, 2.45) is 5.92 Å². The summed E-state index contributed by atoms with van der Waals surface area (Å²) in [4.78, 5) is 12.3. The lowest BCUT2D eigenvalue weighted by atomic mass is 9.98. The number of carbonyl (C=O) groups excluding carboxylic acids is 1. The van der Waals surface area contributed by atoms with Gasteiger partial charge in [-0.05, 0) is 18.4 Å². The zero-order chi connectivity index (χ0) is 13.5. The molecule has 1 aliphatic rings. The highest BCUT2D eigenvalue weighted by molar-refractivity contribution is 5.79. The van der Waals surface area contributed by atoms with Crippen molar-refractivity contribution in [1.82, 2.24) is 5.32 Å². The maximum Gasteiger partial charge on any atom is 0.223 e. The minimum Gasteiger partial charge on any atom is -0.394 e. The molecular weight excluding hydrogens is 238 g/mol. The van der Waals surface area contributed by atoms with Crippen molar-refractivity contribution < 1.29 is 9.90 Å². The molecule has 1 atom stereocenters. The van der Waals surface area contributed by atoms with Gasteiger partial charge in [0.2, 0.25) is 5.91 Å². The van der Waals surface area contributed by atoms with Crippen molar-refractivity contribution >= 4 is 5.91 Å². The third kappa shape index (κ3) is 4.06. The summed E-state index contributed by atoms with van der Waals surface area (Å²) in [5.41, 5.74) is 0.965. The molecule has 1 aromatic carbocycles. The fourth-order valence-electron chi connectivity index (χ4n) is 2.75. The van der Waals surface area contributed by atoms with Crippen LogP contribution in [-0.2, 0) is 4.79 Å². The Hall–Kier alpha value is -1.35. The Morgan fingerprint density at radius 3 is 2.37 bits per heavy atom. The first kappa shape index (κ1) is 14.1. The fourth-order valence-corrected chi connectivity index (χ4v) is 2.75. The van der Waals surface area contributed by atoms with Crippen LogP contribution in [0.1, 0.15) is 50.1 Å². The van der Waals surface area contributed by atoms with Crippen LogP contribution in [0.2, 0.25) is 0 Å². The molecule has 0 bridgehead atoms. The number of nitrogens with one attached hydrogen (secondary N) is 1. The number of hydrogen-bond acceptors (Lipinski definition) is 2. The van der Waals surface area contributed by atoms with Gasteiger partial charge in [-0.15, -0.1) is 0 Å². The van der Waals surface area contributed by atoms with E-state index in [0.29, 0.717) is 0 Å². The molecule has 3 nitrogen and oxygen atoms in total. The molecule has 0 unspecified atom stereocenters. The van der Waals surface area contributed by atoms with Crippen molar-refractivity contribution in [3.63, 3.8) is 0 Å². The molecule has 1 aliphatic carbocycles. The minimum absolute atomic E-state index is 0.0531. The molecule has 1 amide bonds. The Balaban J connectivity index is 1.96. The average molecular weight is 261 g/mol. The Labute approximate surface area is 115 Å². The van der Waals surface area contributed by atoms with Gasteiger partial charge < -0.3 is 10.4 Å². The summed E-state index contributed by atoms with van der Waals surface area (Å²) in [6, 6.07) is 9.39. The van der Waals surface area contributed by atoms with Gasteiger partial charge in [0.25, 0.3) is 0 Å². The van der Waals surface area contributed by atoms with Gasteiger partial charge in [-0.3, -0.25) is 4.79 Å². The second-order valence-electron chi connectivity index (χ2n) is 5.34. The van der Waals surface area contributed by atoms with E-state index in [0.717, 1.165) is 31.2 Å². The van der Waals surface area contributed by atoms with Crippen LogP contribution in [0.25, 0.3) is 0 Å². The highest BCUT2D eigenvalue weighted by atomic mass is 16.3. The number of carbonyl (C=O) groups is 1. The molecule has 0 saturated heterocycles. The molecule has 0 aliphatic heterocycles. The maximum atomic E-state index is 12.3. The Bertz CT molecular complexity index is 383. The van der Waals surface area contributed by atoms with Crippen molar-refractivity contribution in [2.75, 3.05) is 6.61 Å². The largest absolute Gasteiger partial charge is 0.394 e. The summed E-state index contributed by atoms with van der Waals surface area (Å²) >= 11 is 0. The molecular formula is C16H23NO2. The van der Waals surface area contributed by atoms with Gasteiger partial charge in [0.05, 0.1) is 12.6 Å². The third-order valence-corrected chi connectivity index (χ3v) is 3.93. The average Bonchev–Trinajstić information content (AvgIpc) is 2.74. The molecule has 104 valence electrons. The van der Waals surface area contributed by atoms with Gasteiger partial charge in [0, 0.05) is 5.92 Å². The predicted molar refractivity (Wildman–Crippen MR) is 75.6 cm³/mol. The van der Waals surface area contributed by atoms with E-state index < -0.39 is 0 Å². The van der Waals surface area contributed by atoms with Gasteiger partial charge >= 0.3 is 0 Å². The number of rotatable bonds is 4. The first-order valence-corrected chi connectivity index (χ1v) is 7.27. The lowest BCUT2D eigenvalue weighted by Crippen LogP contribution is -2.35. The van der Waals surface area contributed by atoms with Crippen LogP contribution >= 0.6 is 0 Å². The molecule has 2 rings (SSSR count). The highest BCUT2D eigenvalue weighted by Gasteiger charge is 2.22. The van der Waals surface area contributed by atoms with Crippen LogP contribution in [0.4, 0.5) is 0 Å². The lowest BCUT2D eigenvalue weighted by Gasteiger charge is -2.20. The van der Waals surface area contributed by atoms with Crippen LogP contribution in [0.15, 0.2) is 30.3 Å². The summed E-state index contributed by atoms with van der Waals surface area (Å²) < 4.78 is 0. The monoisotopic (exact) mass is 261 g/mol. The fraction of sp³-hybridized carbons (Fsp3) is 0.562. The van der Waals surface area contributed by atoms with Crippen LogP contribution in [0.5, 0.6) is 0 Å². The molecule has 1 fully saturated rings. The quantitative estimate of drug-likeness (QED) is 0.819. The van der Waals surface area contributed by atoms with E-state index in [9.17, 15) is 9.90 Å². The van der Waals surface area contributed by atoms with Gasteiger partial charge in [-0.25, -0.2) is 0 Å². The van der Waals surface area contributed by atoms with E-state index in [2.05, 4.69) is 5.32 Å². The third-order valence-electron chi connectivity index (χ3n) is 3.93. The zero-order valence-electron chi connectivity index (χ0n) is 11.3.